The Labute approximate surface area is 236 Å². The molecule has 2 unspecified atom stereocenters. The fourth-order valence-electron chi connectivity index (χ4n) is 6.36. The lowest BCUT2D eigenvalue weighted by Crippen LogP contribution is -2.42. The van der Waals surface area contributed by atoms with Crippen LogP contribution in [0.1, 0.15) is 75.9 Å². The average Bonchev–Trinajstić information content (AvgIpc) is 3.59. The van der Waals surface area contributed by atoms with Crippen LogP contribution in [0.3, 0.4) is 0 Å². The van der Waals surface area contributed by atoms with Crippen molar-refractivity contribution in [2.75, 3.05) is 42.7 Å². The molecule has 0 bridgehead atoms. The fraction of sp³-hybridized carbons (Fsp3) is 0.633. The third-order valence-corrected chi connectivity index (χ3v) is 11.0. The summed E-state index contributed by atoms with van der Waals surface area (Å²) in [5.74, 6) is 1.37. The van der Waals surface area contributed by atoms with Crippen LogP contribution in [0.4, 0.5) is 5.69 Å². The molecule has 6 rings (SSSR count). The van der Waals surface area contributed by atoms with E-state index in [4.69, 9.17) is 14.1 Å². The Bertz CT molecular complexity index is 1390. The van der Waals surface area contributed by atoms with E-state index in [1.807, 2.05) is 24.3 Å². The number of nitriles is 1. The molecule has 1 N–H and O–H groups in total. The molecule has 2 aromatic rings. The summed E-state index contributed by atoms with van der Waals surface area (Å²) in [4.78, 5) is 20.7. The normalized spacial score (nSPS) is 26.9. The summed E-state index contributed by atoms with van der Waals surface area (Å²) in [5, 5.41) is 12.6. The second kappa shape index (κ2) is 10.5. The number of amides is 1. The highest BCUT2D eigenvalue weighted by atomic mass is 32.2. The van der Waals surface area contributed by atoms with Crippen molar-refractivity contribution in [1.82, 2.24) is 10.3 Å². The van der Waals surface area contributed by atoms with Crippen LogP contribution < -0.4 is 10.2 Å². The zero-order valence-corrected chi connectivity index (χ0v) is 24.0. The van der Waals surface area contributed by atoms with Gasteiger partial charge in [-0.3, -0.25) is 4.79 Å². The Morgan fingerprint density at radius 1 is 1.07 bits per heavy atom. The average molecular weight is 567 g/mol. The van der Waals surface area contributed by atoms with E-state index >= 15 is 0 Å². The summed E-state index contributed by atoms with van der Waals surface area (Å²) in [7, 11) is -2.95. The van der Waals surface area contributed by atoms with Gasteiger partial charge in [0.15, 0.2) is 9.84 Å². The number of hydrogen-bond donors (Lipinski definition) is 1. The molecule has 2 aliphatic heterocycles. The Morgan fingerprint density at radius 2 is 1.75 bits per heavy atom. The number of ether oxygens (including phenoxy) is 1. The Balaban J connectivity index is 1.33. The zero-order chi connectivity index (χ0) is 28.0. The molecule has 4 fully saturated rings. The van der Waals surface area contributed by atoms with Crippen molar-refractivity contribution in [3.63, 3.8) is 0 Å². The molecule has 2 aliphatic carbocycles. The molecule has 3 heterocycles. The van der Waals surface area contributed by atoms with Gasteiger partial charge in [0.1, 0.15) is 17.0 Å². The predicted molar refractivity (Wildman–Crippen MR) is 151 cm³/mol. The molecule has 10 heteroatoms. The van der Waals surface area contributed by atoms with Gasteiger partial charge in [-0.15, -0.1) is 0 Å². The van der Waals surface area contributed by atoms with E-state index in [1.54, 1.807) is 0 Å². The van der Waals surface area contributed by atoms with Crippen molar-refractivity contribution >= 4 is 21.4 Å². The van der Waals surface area contributed by atoms with Crippen molar-refractivity contribution in [2.45, 2.75) is 75.2 Å². The monoisotopic (exact) mass is 566 g/mol. The highest BCUT2D eigenvalue weighted by Crippen LogP contribution is 2.46. The molecule has 1 amide bonds. The van der Waals surface area contributed by atoms with Gasteiger partial charge in [0, 0.05) is 54.8 Å². The van der Waals surface area contributed by atoms with E-state index in [-0.39, 0.29) is 34.7 Å². The number of rotatable bonds is 6. The second-order valence-corrected chi connectivity index (χ2v) is 14.6. The van der Waals surface area contributed by atoms with Gasteiger partial charge in [-0.2, -0.15) is 5.26 Å². The minimum absolute atomic E-state index is 0.0553. The lowest BCUT2D eigenvalue weighted by molar-refractivity contribution is -0.127. The first-order valence-corrected chi connectivity index (χ1v) is 16.4. The van der Waals surface area contributed by atoms with Gasteiger partial charge in [-0.1, -0.05) is 31.9 Å². The second-order valence-electron chi connectivity index (χ2n) is 12.3. The molecule has 2 saturated carbocycles. The molecule has 2 atom stereocenters. The summed E-state index contributed by atoms with van der Waals surface area (Å²) < 4.78 is 36.1. The number of aromatic nitrogens is 1. The van der Waals surface area contributed by atoms with Crippen molar-refractivity contribution in [1.29, 1.82) is 5.26 Å². The molecule has 0 spiro atoms. The van der Waals surface area contributed by atoms with Gasteiger partial charge in [0.05, 0.1) is 17.6 Å². The van der Waals surface area contributed by atoms with Crippen molar-refractivity contribution in [3.8, 4) is 17.3 Å². The number of nitrogens with one attached hydrogen (secondary N) is 1. The predicted octanol–water partition coefficient (Wildman–Crippen LogP) is 4.09. The largest absolute Gasteiger partial charge is 0.444 e. The maximum Gasteiger partial charge on any atom is 0.225 e. The van der Waals surface area contributed by atoms with E-state index in [9.17, 15) is 18.5 Å². The van der Waals surface area contributed by atoms with Crippen LogP contribution in [0.5, 0.6) is 0 Å². The minimum Gasteiger partial charge on any atom is -0.444 e. The van der Waals surface area contributed by atoms with Crippen LogP contribution in [0.25, 0.3) is 11.3 Å². The molecule has 1 aromatic carbocycles. The van der Waals surface area contributed by atoms with Crippen LogP contribution in [0, 0.1) is 17.2 Å². The van der Waals surface area contributed by atoms with Crippen LogP contribution >= 0.6 is 0 Å². The third-order valence-electron chi connectivity index (χ3n) is 9.38. The maximum atomic E-state index is 13.5. The van der Waals surface area contributed by atoms with E-state index < -0.39 is 15.4 Å². The van der Waals surface area contributed by atoms with E-state index in [2.05, 4.69) is 23.2 Å². The maximum absolute atomic E-state index is 13.5. The fourth-order valence-corrected chi connectivity index (χ4v) is 7.56. The standard InChI is InChI=1S/C30H38N4O5S/c1-29(12-16-38-17-13-29)28-32-25(21-6-8-22(9-7-21)34-14-18-40(36,37)19-15-34)26(39-28)23-4-2-3-5-24(23)27(35)33-30(20-31)10-11-30/h6-9,23-24H,2-5,10-19H2,1H3,(H,33,35). The number of benzene rings is 1. The van der Waals surface area contributed by atoms with Crippen LogP contribution in [-0.2, 0) is 24.8 Å². The molecule has 0 radical (unpaired) electrons. The lowest BCUT2D eigenvalue weighted by Gasteiger charge is -2.31. The summed E-state index contributed by atoms with van der Waals surface area (Å²) in [6, 6.07) is 10.4. The van der Waals surface area contributed by atoms with Crippen LogP contribution in [0.15, 0.2) is 28.7 Å². The molecule has 1 aromatic heterocycles. The summed E-state index contributed by atoms with van der Waals surface area (Å²) >= 11 is 0. The van der Waals surface area contributed by atoms with Crippen LogP contribution in [-0.4, -0.2) is 62.7 Å². The lowest BCUT2D eigenvalue weighted by atomic mass is 9.76. The summed E-state index contributed by atoms with van der Waals surface area (Å²) in [6.07, 6.45) is 6.63. The first-order chi connectivity index (χ1) is 19.2. The van der Waals surface area contributed by atoms with Gasteiger partial charge in [0.25, 0.3) is 0 Å². The van der Waals surface area contributed by atoms with E-state index in [0.717, 1.165) is 61.2 Å². The van der Waals surface area contributed by atoms with Gasteiger partial charge >= 0.3 is 0 Å². The summed E-state index contributed by atoms with van der Waals surface area (Å²) in [5.41, 5.74) is 1.75. The quantitative estimate of drug-likeness (QED) is 0.554. The molecule has 214 valence electrons. The Hall–Kier alpha value is -2.90. The number of oxazole rings is 1. The molecular formula is C30H38N4O5S. The van der Waals surface area contributed by atoms with Gasteiger partial charge in [0.2, 0.25) is 11.8 Å². The zero-order valence-electron chi connectivity index (χ0n) is 23.2. The number of nitrogens with zero attached hydrogens (tertiary/aromatic N) is 3. The van der Waals surface area contributed by atoms with Gasteiger partial charge in [-0.25, -0.2) is 13.4 Å². The number of hydrogen-bond acceptors (Lipinski definition) is 8. The molecular weight excluding hydrogens is 528 g/mol. The number of anilines is 1. The smallest absolute Gasteiger partial charge is 0.225 e. The minimum atomic E-state index is -2.95. The van der Waals surface area contributed by atoms with Gasteiger partial charge < -0.3 is 19.4 Å². The molecule has 4 aliphatic rings. The highest BCUT2D eigenvalue weighted by Gasteiger charge is 2.47. The van der Waals surface area contributed by atoms with Crippen LogP contribution in [0.2, 0.25) is 0 Å². The van der Waals surface area contributed by atoms with E-state index in [1.165, 1.54) is 0 Å². The summed E-state index contributed by atoms with van der Waals surface area (Å²) in [6.45, 7) is 4.48. The first-order valence-electron chi connectivity index (χ1n) is 14.6. The SMILES string of the molecule is CC1(c2nc(-c3ccc(N4CCS(=O)(=O)CC4)cc3)c(C3CCCCC3C(=O)NC3(C#N)CC3)o2)CCOCC1. The Morgan fingerprint density at radius 3 is 2.40 bits per heavy atom. The number of carbonyl (C=O) groups excluding carboxylic acids is 1. The topological polar surface area (TPSA) is 126 Å². The third kappa shape index (κ3) is 5.38. The molecule has 9 nitrogen and oxygen atoms in total. The molecule has 2 saturated heterocycles. The molecule has 40 heavy (non-hydrogen) atoms. The first kappa shape index (κ1) is 27.3. The van der Waals surface area contributed by atoms with Crippen molar-refractivity contribution < 1.29 is 22.4 Å². The van der Waals surface area contributed by atoms with E-state index in [0.29, 0.717) is 45.0 Å². The highest BCUT2D eigenvalue weighted by molar-refractivity contribution is 7.91. The number of carbonyl (C=O) groups is 1. The van der Waals surface area contributed by atoms with Crippen molar-refractivity contribution in [2.24, 2.45) is 5.92 Å². The Kier molecular flexibility index (Phi) is 7.16. The van der Waals surface area contributed by atoms with Crippen molar-refractivity contribution in [3.05, 3.63) is 35.9 Å². The number of sulfone groups is 1. The van der Waals surface area contributed by atoms with Gasteiger partial charge in [-0.05, 0) is 50.7 Å².